The van der Waals surface area contributed by atoms with E-state index in [9.17, 15) is 13.6 Å². The van der Waals surface area contributed by atoms with Crippen LogP contribution in [0.2, 0.25) is 0 Å². The second kappa shape index (κ2) is 6.49. The van der Waals surface area contributed by atoms with Gasteiger partial charge in [0, 0.05) is 3.57 Å². The van der Waals surface area contributed by atoms with Crippen molar-refractivity contribution >= 4 is 28.6 Å². The number of carbonyl (C=O) groups excluding carboxylic acids is 1. The highest BCUT2D eigenvalue weighted by Crippen LogP contribution is 2.25. The van der Waals surface area contributed by atoms with Crippen molar-refractivity contribution in [1.82, 2.24) is 0 Å². The molecule has 0 aliphatic heterocycles. The Morgan fingerprint density at radius 3 is 2.72 bits per heavy atom. The number of halogens is 3. The van der Waals surface area contributed by atoms with Crippen molar-refractivity contribution in [3.8, 4) is 11.8 Å². The van der Waals surface area contributed by atoms with Crippen LogP contribution < -0.4 is 4.74 Å². The van der Waals surface area contributed by atoms with Crippen molar-refractivity contribution in [2.75, 3.05) is 6.61 Å². The highest BCUT2D eigenvalue weighted by atomic mass is 127. The molecule has 7 heteroatoms. The van der Waals surface area contributed by atoms with Gasteiger partial charge >= 0.3 is 12.6 Å². The van der Waals surface area contributed by atoms with E-state index in [1.807, 2.05) is 0 Å². The van der Waals surface area contributed by atoms with Gasteiger partial charge < -0.3 is 9.47 Å². The quantitative estimate of drug-likeness (QED) is 0.607. The first-order chi connectivity index (χ1) is 8.49. The average molecular weight is 367 g/mol. The smallest absolute Gasteiger partial charge is 0.387 e. The summed E-state index contributed by atoms with van der Waals surface area (Å²) in [6.07, 6.45) is 0. The van der Waals surface area contributed by atoms with E-state index in [1.54, 1.807) is 35.6 Å². The average Bonchev–Trinajstić information content (AvgIpc) is 2.27. The summed E-state index contributed by atoms with van der Waals surface area (Å²) in [5.41, 5.74) is -0.00225. The predicted octanol–water partition coefficient (Wildman–Crippen LogP) is 2.94. The number of alkyl halides is 2. The van der Waals surface area contributed by atoms with Crippen LogP contribution in [-0.4, -0.2) is 19.2 Å². The Morgan fingerprint density at radius 2 is 2.22 bits per heavy atom. The summed E-state index contributed by atoms with van der Waals surface area (Å²) in [5, 5.41) is 8.91. The molecule has 0 N–H and O–H groups in total. The Morgan fingerprint density at radius 1 is 1.56 bits per heavy atom. The lowest BCUT2D eigenvalue weighted by Gasteiger charge is -2.10. The maximum absolute atomic E-state index is 12.1. The number of esters is 1. The first kappa shape index (κ1) is 14.6. The molecule has 0 saturated carbocycles. The molecule has 0 aliphatic carbocycles. The number of rotatable bonds is 4. The summed E-state index contributed by atoms with van der Waals surface area (Å²) in [4.78, 5) is 11.6. The molecule has 0 unspecified atom stereocenters. The zero-order valence-electron chi connectivity index (χ0n) is 9.25. The van der Waals surface area contributed by atoms with E-state index in [-0.39, 0.29) is 23.5 Å². The Hall–Kier alpha value is -1.43. The van der Waals surface area contributed by atoms with Crippen LogP contribution in [0.3, 0.4) is 0 Å². The largest absolute Gasteiger partial charge is 0.462 e. The Balaban J connectivity index is 3.21. The van der Waals surface area contributed by atoms with Gasteiger partial charge in [-0.15, -0.1) is 0 Å². The van der Waals surface area contributed by atoms with Gasteiger partial charge in [0.2, 0.25) is 0 Å². The molecule has 0 atom stereocenters. The van der Waals surface area contributed by atoms with Crippen LogP contribution in [0.15, 0.2) is 12.1 Å². The van der Waals surface area contributed by atoms with Crippen LogP contribution in [0, 0.1) is 14.9 Å². The number of carbonyl (C=O) groups is 1. The molecule has 0 amide bonds. The maximum Gasteiger partial charge on any atom is 0.387 e. The minimum atomic E-state index is -2.99. The molecule has 0 saturated heterocycles. The van der Waals surface area contributed by atoms with Gasteiger partial charge in [-0.25, -0.2) is 4.79 Å². The molecular formula is C11H8F2INO3. The van der Waals surface area contributed by atoms with E-state index in [1.165, 1.54) is 6.07 Å². The molecule has 0 aromatic heterocycles. The summed E-state index contributed by atoms with van der Waals surface area (Å²) in [6.45, 7) is -1.19. The number of ether oxygens (including phenoxy) is 2. The fraction of sp³-hybridized carbons (Fsp3) is 0.273. The molecular weight excluding hydrogens is 359 g/mol. The third kappa shape index (κ3) is 3.53. The first-order valence-electron chi connectivity index (χ1n) is 4.85. The molecule has 4 nitrogen and oxygen atoms in total. The Labute approximate surface area is 116 Å². The number of hydrogen-bond acceptors (Lipinski definition) is 4. The summed E-state index contributed by atoms with van der Waals surface area (Å²) >= 11 is 1.76. The van der Waals surface area contributed by atoms with E-state index in [2.05, 4.69) is 4.74 Å². The van der Waals surface area contributed by atoms with Gasteiger partial charge in [0.25, 0.3) is 0 Å². The molecule has 0 bridgehead atoms. The van der Waals surface area contributed by atoms with E-state index >= 15 is 0 Å². The van der Waals surface area contributed by atoms with Crippen molar-refractivity contribution in [2.45, 2.75) is 13.5 Å². The predicted molar refractivity (Wildman–Crippen MR) is 66.5 cm³/mol. The summed E-state index contributed by atoms with van der Waals surface area (Å²) in [6, 6.07) is 4.09. The second-order valence-corrected chi connectivity index (χ2v) is 4.20. The molecule has 0 fully saturated rings. The lowest BCUT2D eigenvalue weighted by Crippen LogP contribution is -2.10. The van der Waals surface area contributed by atoms with Gasteiger partial charge in [-0.05, 0) is 41.6 Å². The zero-order chi connectivity index (χ0) is 13.7. The summed E-state index contributed by atoms with van der Waals surface area (Å²) in [5.74, 6) is -0.832. The van der Waals surface area contributed by atoms with Crippen LogP contribution in [0.1, 0.15) is 22.8 Å². The number of nitrogens with zero attached hydrogens (tertiary/aromatic N) is 1. The van der Waals surface area contributed by atoms with E-state index < -0.39 is 12.6 Å². The molecule has 0 radical (unpaired) electrons. The lowest BCUT2D eigenvalue weighted by molar-refractivity contribution is -0.0499. The zero-order valence-corrected chi connectivity index (χ0v) is 11.4. The molecule has 96 valence electrons. The fourth-order valence-corrected chi connectivity index (χ4v) is 2.07. The Kier molecular flexibility index (Phi) is 5.27. The minimum Gasteiger partial charge on any atom is -0.462 e. The van der Waals surface area contributed by atoms with E-state index in [0.29, 0.717) is 3.57 Å². The van der Waals surface area contributed by atoms with E-state index in [0.717, 1.165) is 6.07 Å². The van der Waals surface area contributed by atoms with Crippen LogP contribution in [0.4, 0.5) is 8.78 Å². The molecule has 0 aliphatic rings. The normalized spacial score (nSPS) is 10.0. The van der Waals surface area contributed by atoms with Crippen LogP contribution in [0.25, 0.3) is 0 Å². The van der Waals surface area contributed by atoms with E-state index in [4.69, 9.17) is 10.00 Å². The van der Waals surface area contributed by atoms with Crippen LogP contribution >= 0.6 is 22.6 Å². The summed E-state index contributed by atoms with van der Waals surface area (Å²) < 4.78 is 33.4. The monoisotopic (exact) mass is 367 g/mol. The topological polar surface area (TPSA) is 59.3 Å². The van der Waals surface area contributed by atoms with Crippen molar-refractivity contribution in [3.63, 3.8) is 0 Å². The van der Waals surface area contributed by atoms with Crippen LogP contribution in [0.5, 0.6) is 5.75 Å². The molecule has 1 rings (SSSR count). The molecule has 1 aromatic carbocycles. The Bertz CT molecular complexity index is 500. The number of benzene rings is 1. The van der Waals surface area contributed by atoms with Gasteiger partial charge in [0.1, 0.15) is 11.8 Å². The maximum atomic E-state index is 12.1. The van der Waals surface area contributed by atoms with Crippen molar-refractivity contribution < 1.29 is 23.0 Å². The highest BCUT2D eigenvalue weighted by Gasteiger charge is 2.19. The lowest BCUT2D eigenvalue weighted by atomic mass is 10.1. The van der Waals surface area contributed by atoms with Gasteiger partial charge in [-0.2, -0.15) is 14.0 Å². The van der Waals surface area contributed by atoms with Gasteiger partial charge in [0.15, 0.2) is 0 Å². The van der Waals surface area contributed by atoms with Crippen LogP contribution in [-0.2, 0) is 4.74 Å². The van der Waals surface area contributed by atoms with Gasteiger partial charge in [0.05, 0.1) is 17.7 Å². The standard InChI is InChI=1S/C11H8F2INO3/c1-2-17-10(16)9-6(5-15)3-7(4-8(9)14)18-11(12)13/h3-4,11H,2H2,1H3. The van der Waals surface area contributed by atoms with Crippen molar-refractivity contribution in [2.24, 2.45) is 0 Å². The van der Waals surface area contributed by atoms with Crippen molar-refractivity contribution in [3.05, 3.63) is 26.8 Å². The SMILES string of the molecule is CCOC(=O)c1c(I)cc(OC(F)F)cc1C#N. The fourth-order valence-electron chi connectivity index (χ4n) is 1.25. The first-order valence-corrected chi connectivity index (χ1v) is 5.93. The van der Waals surface area contributed by atoms with Gasteiger partial charge in [-0.3, -0.25) is 0 Å². The highest BCUT2D eigenvalue weighted by molar-refractivity contribution is 14.1. The van der Waals surface area contributed by atoms with Crippen molar-refractivity contribution in [1.29, 1.82) is 5.26 Å². The second-order valence-electron chi connectivity index (χ2n) is 3.04. The number of hydrogen-bond donors (Lipinski definition) is 0. The summed E-state index contributed by atoms with van der Waals surface area (Å²) in [7, 11) is 0. The molecule has 0 heterocycles. The third-order valence-corrected chi connectivity index (χ3v) is 2.74. The minimum absolute atomic E-state index is 0.0570. The molecule has 1 aromatic rings. The number of nitriles is 1. The molecule has 18 heavy (non-hydrogen) atoms. The molecule has 0 spiro atoms. The van der Waals surface area contributed by atoms with Gasteiger partial charge in [-0.1, -0.05) is 0 Å². The third-order valence-electron chi connectivity index (χ3n) is 1.89.